The topological polar surface area (TPSA) is 81.5 Å². The number of aliphatic carboxylic acids is 1. The Morgan fingerprint density at radius 3 is 2.19 bits per heavy atom. The van der Waals surface area contributed by atoms with Crippen LogP contribution in [0.1, 0.15) is 76.7 Å². The van der Waals surface area contributed by atoms with E-state index in [1.165, 1.54) is 24.8 Å². The maximum absolute atomic E-state index is 10.5. The molecule has 1 heterocycles. The van der Waals surface area contributed by atoms with E-state index in [0.29, 0.717) is 18.2 Å². The van der Waals surface area contributed by atoms with Crippen LogP contribution in [0.15, 0.2) is 36.7 Å². The molecule has 2 rings (SSSR count). The molecule has 1 N–H and O–H groups in total. The predicted molar refractivity (Wildman–Crippen MR) is 127 cm³/mol. The standard InChI is InChI=1S/C26H38N2O4/c1-2-3-4-8-17-31-18-9-10-19-32-24-20-27-26(28-21-24)23-15-13-22(14-16-23)11-6-5-7-12-25(29)30/h13-16,20-21H,2-12,17-19H2,1H3,(H,29,30). The van der Waals surface area contributed by atoms with E-state index in [0.717, 1.165) is 63.7 Å². The minimum absolute atomic E-state index is 0.254. The first kappa shape index (κ1) is 25.8. The Morgan fingerprint density at radius 1 is 0.844 bits per heavy atom. The van der Waals surface area contributed by atoms with E-state index in [2.05, 4.69) is 29.0 Å². The number of unbranched alkanes of at least 4 members (excludes halogenated alkanes) is 6. The van der Waals surface area contributed by atoms with Crippen LogP contribution in [0, 0.1) is 0 Å². The van der Waals surface area contributed by atoms with Crippen LogP contribution in [0.4, 0.5) is 0 Å². The highest BCUT2D eigenvalue weighted by atomic mass is 16.5. The van der Waals surface area contributed by atoms with Crippen molar-refractivity contribution in [2.24, 2.45) is 0 Å². The Labute approximate surface area is 192 Å². The molecular formula is C26H38N2O4. The molecule has 1 aromatic heterocycles. The summed E-state index contributed by atoms with van der Waals surface area (Å²) in [6.45, 7) is 4.52. The summed E-state index contributed by atoms with van der Waals surface area (Å²) in [5, 5.41) is 8.67. The maximum atomic E-state index is 10.5. The molecule has 0 spiro atoms. The normalized spacial score (nSPS) is 10.9. The number of hydrogen-bond donors (Lipinski definition) is 1. The Bertz CT molecular complexity index is 747. The third-order valence-electron chi connectivity index (χ3n) is 5.29. The van der Waals surface area contributed by atoms with Crippen molar-refractivity contribution in [2.45, 2.75) is 77.6 Å². The molecule has 0 bridgehead atoms. The lowest BCUT2D eigenvalue weighted by Gasteiger charge is -2.07. The molecule has 0 aliphatic rings. The summed E-state index contributed by atoms with van der Waals surface area (Å²) in [5.41, 5.74) is 2.22. The second kappa shape index (κ2) is 16.2. The molecule has 0 aliphatic heterocycles. The van der Waals surface area contributed by atoms with Gasteiger partial charge in [-0.2, -0.15) is 0 Å². The van der Waals surface area contributed by atoms with Gasteiger partial charge in [-0.1, -0.05) is 56.9 Å². The highest BCUT2D eigenvalue weighted by Gasteiger charge is 2.04. The number of hydrogen-bond acceptors (Lipinski definition) is 5. The van der Waals surface area contributed by atoms with E-state index in [1.807, 2.05) is 12.1 Å². The van der Waals surface area contributed by atoms with Crippen LogP contribution in [-0.4, -0.2) is 40.9 Å². The lowest BCUT2D eigenvalue weighted by molar-refractivity contribution is -0.137. The summed E-state index contributed by atoms with van der Waals surface area (Å²) in [4.78, 5) is 19.4. The minimum atomic E-state index is -0.719. The molecule has 0 saturated heterocycles. The number of carbonyl (C=O) groups is 1. The molecule has 0 saturated carbocycles. The van der Waals surface area contributed by atoms with Gasteiger partial charge in [0.25, 0.3) is 0 Å². The summed E-state index contributed by atoms with van der Waals surface area (Å²) in [6.07, 6.45) is 14.3. The molecule has 0 fully saturated rings. The first-order valence-corrected chi connectivity index (χ1v) is 12.0. The molecule has 0 atom stereocenters. The van der Waals surface area contributed by atoms with E-state index in [4.69, 9.17) is 14.6 Å². The Morgan fingerprint density at radius 2 is 1.50 bits per heavy atom. The van der Waals surface area contributed by atoms with Crippen LogP contribution >= 0.6 is 0 Å². The zero-order valence-corrected chi connectivity index (χ0v) is 19.4. The van der Waals surface area contributed by atoms with E-state index in [-0.39, 0.29) is 6.42 Å². The van der Waals surface area contributed by atoms with Gasteiger partial charge >= 0.3 is 5.97 Å². The largest absolute Gasteiger partial charge is 0.490 e. The number of carboxylic acids is 1. The predicted octanol–water partition coefficient (Wildman–Crippen LogP) is 6.09. The van der Waals surface area contributed by atoms with Crippen molar-refractivity contribution < 1.29 is 19.4 Å². The van der Waals surface area contributed by atoms with Crippen LogP contribution in [0.2, 0.25) is 0 Å². The highest BCUT2D eigenvalue weighted by Crippen LogP contribution is 2.18. The number of aryl methyl sites for hydroxylation is 1. The third kappa shape index (κ3) is 11.2. The monoisotopic (exact) mass is 442 g/mol. The molecule has 0 radical (unpaired) electrons. The lowest BCUT2D eigenvalue weighted by Crippen LogP contribution is -2.02. The lowest BCUT2D eigenvalue weighted by atomic mass is 10.0. The van der Waals surface area contributed by atoms with Crippen molar-refractivity contribution in [1.82, 2.24) is 9.97 Å². The van der Waals surface area contributed by atoms with Gasteiger partial charge in [0.1, 0.15) is 0 Å². The first-order chi connectivity index (χ1) is 15.7. The van der Waals surface area contributed by atoms with Crippen LogP contribution in [-0.2, 0) is 16.0 Å². The molecule has 0 unspecified atom stereocenters. The summed E-state index contributed by atoms with van der Waals surface area (Å²) in [6, 6.07) is 8.24. The van der Waals surface area contributed by atoms with Gasteiger partial charge < -0.3 is 14.6 Å². The number of nitrogens with zero attached hydrogens (tertiary/aromatic N) is 2. The highest BCUT2D eigenvalue weighted by molar-refractivity contribution is 5.66. The summed E-state index contributed by atoms with van der Waals surface area (Å²) in [5.74, 6) is 0.651. The SMILES string of the molecule is CCCCCCOCCCCOc1cnc(-c2ccc(CCCCCC(=O)O)cc2)nc1. The van der Waals surface area contributed by atoms with Crippen LogP contribution in [0.25, 0.3) is 11.4 Å². The van der Waals surface area contributed by atoms with E-state index in [1.54, 1.807) is 12.4 Å². The van der Waals surface area contributed by atoms with Crippen molar-refractivity contribution in [3.05, 3.63) is 42.2 Å². The number of aromatic nitrogens is 2. The fourth-order valence-corrected chi connectivity index (χ4v) is 3.37. The summed E-state index contributed by atoms with van der Waals surface area (Å²) in [7, 11) is 0. The molecule has 176 valence electrons. The molecular weight excluding hydrogens is 404 g/mol. The first-order valence-electron chi connectivity index (χ1n) is 12.0. The van der Waals surface area contributed by atoms with E-state index >= 15 is 0 Å². The number of ether oxygens (including phenoxy) is 2. The van der Waals surface area contributed by atoms with Gasteiger partial charge in [0.15, 0.2) is 11.6 Å². The second-order valence-electron chi connectivity index (χ2n) is 8.12. The summed E-state index contributed by atoms with van der Waals surface area (Å²) >= 11 is 0. The smallest absolute Gasteiger partial charge is 0.303 e. The second-order valence-corrected chi connectivity index (χ2v) is 8.12. The molecule has 2 aromatic rings. The number of benzene rings is 1. The van der Waals surface area contributed by atoms with E-state index in [9.17, 15) is 4.79 Å². The van der Waals surface area contributed by atoms with Crippen molar-refractivity contribution in [2.75, 3.05) is 19.8 Å². The molecule has 32 heavy (non-hydrogen) atoms. The minimum Gasteiger partial charge on any atom is -0.490 e. The van der Waals surface area contributed by atoms with Crippen LogP contribution in [0.3, 0.4) is 0 Å². The van der Waals surface area contributed by atoms with Gasteiger partial charge in [0.2, 0.25) is 0 Å². The van der Waals surface area contributed by atoms with Gasteiger partial charge in [0.05, 0.1) is 19.0 Å². The van der Waals surface area contributed by atoms with Gasteiger partial charge in [-0.3, -0.25) is 4.79 Å². The molecule has 6 nitrogen and oxygen atoms in total. The quantitative estimate of drug-likeness (QED) is 0.281. The maximum Gasteiger partial charge on any atom is 0.303 e. The van der Waals surface area contributed by atoms with Gasteiger partial charge in [-0.25, -0.2) is 9.97 Å². The molecule has 0 amide bonds. The fraction of sp³-hybridized carbons (Fsp3) is 0.577. The van der Waals surface area contributed by atoms with Crippen molar-refractivity contribution >= 4 is 5.97 Å². The number of rotatable bonds is 18. The summed E-state index contributed by atoms with van der Waals surface area (Å²) < 4.78 is 11.4. The third-order valence-corrected chi connectivity index (χ3v) is 5.29. The average Bonchev–Trinajstić information content (AvgIpc) is 2.81. The average molecular weight is 443 g/mol. The van der Waals surface area contributed by atoms with Gasteiger partial charge in [0, 0.05) is 25.2 Å². The number of carboxylic acid groups (broad SMARTS) is 1. The van der Waals surface area contributed by atoms with Crippen molar-refractivity contribution in [3.8, 4) is 17.1 Å². The molecule has 6 heteroatoms. The van der Waals surface area contributed by atoms with E-state index < -0.39 is 5.97 Å². The Kier molecular flexibility index (Phi) is 13.1. The zero-order valence-electron chi connectivity index (χ0n) is 19.4. The van der Waals surface area contributed by atoms with Crippen LogP contribution in [0.5, 0.6) is 5.75 Å². The van der Waals surface area contributed by atoms with Gasteiger partial charge in [-0.15, -0.1) is 0 Å². The van der Waals surface area contributed by atoms with Gasteiger partial charge in [-0.05, 0) is 44.1 Å². The molecule has 1 aromatic carbocycles. The Balaban J connectivity index is 1.61. The fourth-order valence-electron chi connectivity index (χ4n) is 3.37. The van der Waals surface area contributed by atoms with Crippen molar-refractivity contribution in [3.63, 3.8) is 0 Å². The Hall–Kier alpha value is -2.47. The zero-order chi connectivity index (χ0) is 22.9. The van der Waals surface area contributed by atoms with Crippen molar-refractivity contribution in [1.29, 1.82) is 0 Å². The molecule has 0 aliphatic carbocycles. The van der Waals surface area contributed by atoms with Crippen LogP contribution < -0.4 is 4.74 Å².